The molecule has 0 saturated carbocycles. The fourth-order valence-electron chi connectivity index (χ4n) is 1.97. The largest absolute Gasteiger partial charge is 0.386 e. The van der Waals surface area contributed by atoms with Gasteiger partial charge in [-0.05, 0) is 19.1 Å². The third kappa shape index (κ3) is 2.93. The monoisotopic (exact) mass is 273 g/mol. The van der Waals surface area contributed by atoms with Crippen LogP contribution >= 0.6 is 0 Å². The van der Waals surface area contributed by atoms with Gasteiger partial charge in [-0.3, -0.25) is 9.78 Å². The summed E-state index contributed by atoms with van der Waals surface area (Å²) in [5.41, 5.74) is 1.57. The topological polar surface area (TPSA) is 54.0 Å². The number of nitrogens with zero attached hydrogens (tertiary/aromatic N) is 1. The number of carbonyl (C=O) groups excluding carboxylic acids is 1. The van der Waals surface area contributed by atoms with E-state index < -0.39 is 6.04 Å². The Kier molecular flexibility index (Phi) is 4.30. The van der Waals surface area contributed by atoms with Crippen LogP contribution < -0.4 is 10.6 Å². The highest BCUT2D eigenvalue weighted by molar-refractivity contribution is 5.99. The maximum atomic E-state index is 13.7. The number of rotatable bonds is 4. The minimum atomic E-state index is -0.415. The molecule has 4 nitrogen and oxygen atoms in total. The average Bonchev–Trinajstić information content (AvgIpc) is 2.47. The summed E-state index contributed by atoms with van der Waals surface area (Å²) in [7, 11) is 1.72. The molecule has 0 saturated heterocycles. The molecule has 0 aliphatic heterocycles. The Bertz CT molecular complexity index is 616. The van der Waals surface area contributed by atoms with Gasteiger partial charge < -0.3 is 10.6 Å². The lowest BCUT2D eigenvalue weighted by Gasteiger charge is -2.16. The fraction of sp³-hybridized carbons (Fsp3) is 0.200. The molecule has 0 spiro atoms. The summed E-state index contributed by atoms with van der Waals surface area (Å²) in [5, 5.41) is 5.68. The molecule has 0 aliphatic rings. The van der Waals surface area contributed by atoms with Gasteiger partial charge in [-0.1, -0.05) is 18.2 Å². The Morgan fingerprint density at radius 1 is 1.30 bits per heavy atom. The van der Waals surface area contributed by atoms with Gasteiger partial charge in [0.05, 0.1) is 23.5 Å². The van der Waals surface area contributed by atoms with Gasteiger partial charge in [-0.15, -0.1) is 0 Å². The predicted molar refractivity (Wildman–Crippen MR) is 76.1 cm³/mol. The minimum absolute atomic E-state index is 0.271. The molecule has 2 N–H and O–H groups in total. The molecule has 104 valence electrons. The third-order valence-corrected chi connectivity index (χ3v) is 3.05. The normalized spacial score (nSPS) is 11.8. The second-order valence-corrected chi connectivity index (χ2v) is 4.39. The summed E-state index contributed by atoms with van der Waals surface area (Å²) in [6.07, 6.45) is 3.12. The van der Waals surface area contributed by atoms with Gasteiger partial charge in [0, 0.05) is 18.8 Å². The molecule has 0 aliphatic carbocycles. The number of carbonyl (C=O) groups is 1. The van der Waals surface area contributed by atoms with Crippen LogP contribution in [0.5, 0.6) is 0 Å². The van der Waals surface area contributed by atoms with Crippen molar-refractivity contribution in [2.24, 2.45) is 0 Å². The highest BCUT2D eigenvalue weighted by atomic mass is 19.1. The number of aromatic nitrogens is 1. The fourth-order valence-corrected chi connectivity index (χ4v) is 1.97. The number of nitrogens with one attached hydrogen (secondary N) is 2. The first-order valence-corrected chi connectivity index (χ1v) is 6.30. The van der Waals surface area contributed by atoms with Crippen molar-refractivity contribution < 1.29 is 9.18 Å². The average molecular weight is 273 g/mol. The van der Waals surface area contributed by atoms with E-state index in [9.17, 15) is 9.18 Å². The van der Waals surface area contributed by atoms with Crippen LogP contribution in [-0.2, 0) is 0 Å². The van der Waals surface area contributed by atoms with Gasteiger partial charge in [0.2, 0.25) is 0 Å². The standard InChI is InChI=1S/C15H16FN3O/c1-10(11-5-3-4-6-13(11)16)19-15(20)12-7-8-18-9-14(12)17-2/h3-10,17H,1-2H3,(H,19,20). The zero-order valence-corrected chi connectivity index (χ0v) is 11.4. The molecule has 1 amide bonds. The molecule has 5 heteroatoms. The lowest BCUT2D eigenvalue weighted by molar-refractivity contribution is 0.0940. The number of hydrogen-bond acceptors (Lipinski definition) is 3. The Hall–Kier alpha value is -2.43. The summed E-state index contributed by atoms with van der Waals surface area (Å²) in [6, 6.07) is 7.61. The van der Waals surface area contributed by atoms with Crippen molar-refractivity contribution in [3.63, 3.8) is 0 Å². The first kappa shape index (κ1) is 14.0. The number of halogens is 1. The summed E-state index contributed by atoms with van der Waals surface area (Å²) >= 11 is 0. The molecule has 0 bridgehead atoms. The Labute approximate surface area is 117 Å². The van der Waals surface area contributed by atoms with E-state index in [4.69, 9.17) is 0 Å². The smallest absolute Gasteiger partial charge is 0.253 e. The molecule has 1 atom stereocenters. The van der Waals surface area contributed by atoms with E-state index in [0.29, 0.717) is 16.8 Å². The molecule has 1 unspecified atom stereocenters. The minimum Gasteiger partial charge on any atom is -0.386 e. The van der Waals surface area contributed by atoms with Crippen LogP contribution in [0.15, 0.2) is 42.7 Å². The molecular formula is C15H16FN3O. The van der Waals surface area contributed by atoms with Gasteiger partial charge in [0.15, 0.2) is 0 Å². The molecule has 2 aromatic rings. The maximum absolute atomic E-state index is 13.7. The summed E-state index contributed by atoms with van der Waals surface area (Å²) in [5.74, 6) is -0.601. The zero-order valence-electron chi connectivity index (χ0n) is 11.4. The van der Waals surface area contributed by atoms with E-state index in [1.54, 1.807) is 50.6 Å². The third-order valence-electron chi connectivity index (χ3n) is 3.05. The van der Waals surface area contributed by atoms with Crippen LogP contribution in [-0.4, -0.2) is 17.9 Å². The first-order chi connectivity index (χ1) is 9.63. The highest BCUT2D eigenvalue weighted by Gasteiger charge is 2.16. The zero-order chi connectivity index (χ0) is 14.5. The molecule has 2 rings (SSSR count). The number of amides is 1. The lowest BCUT2D eigenvalue weighted by Crippen LogP contribution is -2.27. The van der Waals surface area contributed by atoms with Crippen LogP contribution in [0, 0.1) is 5.82 Å². The molecule has 1 heterocycles. The van der Waals surface area contributed by atoms with Crippen LogP contribution in [0.2, 0.25) is 0 Å². The number of hydrogen-bond donors (Lipinski definition) is 2. The van der Waals surface area contributed by atoms with Crippen LogP contribution in [0.1, 0.15) is 28.9 Å². The van der Waals surface area contributed by atoms with Crippen molar-refractivity contribution >= 4 is 11.6 Å². The Balaban J connectivity index is 2.18. The summed E-state index contributed by atoms with van der Waals surface area (Å²) in [6.45, 7) is 1.75. The predicted octanol–water partition coefficient (Wildman–Crippen LogP) is 2.75. The molecule has 20 heavy (non-hydrogen) atoms. The summed E-state index contributed by atoms with van der Waals surface area (Å²) in [4.78, 5) is 16.2. The SMILES string of the molecule is CNc1cnccc1C(=O)NC(C)c1ccccc1F. The van der Waals surface area contributed by atoms with Crippen molar-refractivity contribution in [2.45, 2.75) is 13.0 Å². The van der Waals surface area contributed by atoms with Crippen molar-refractivity contribution in [2.75, 3.05) is 12.4 Å². The highest BCUT2D eigenvalue weighted by Crippen LogP contribution is 2.18. The van der Waals surface area contributed by atoms with Gasteiger partial charge >= 0.3 is 0 Å². The molecule has 0 radical (unpaired) electrons. The van der Waals surface area contributed by atoms with E-state index >= 15 is 0 Å². The van der Waals surface area contributed by atoms with Crippen molar-refractivity contribution in [1.82, 2.24) is 10.3 Å². The number of benzene rings is 1. The second-order valence-electron chi connectivity index (χ2n) is 4.39. The van der Waals surface area contributed by atoms with Crippen molar-refractivity contribution in [3.05, 3.63) is 59.7 Å². The first-order valence-electron chi connectivity index (χ1n) is 6.30. The molecule has 1 aromatic heterocycles. The lowest BCUT2D eigenvalue weighted by atomic mass is 10.1. The van der Waals surface area contributed by atoms with E-state index in [1.165, 1.54) is 6.07 Å². The van der Waals surface area contributed by atoms with Gasteiger partial charge in [0.1, 0.15) is 5.82 Å². The molecule has 1 aromatic carbocycles. The van der Waals surface area contributed by atoms with E-state index in [0.717, 1.165) is 0 Å². The van der Waals surface area contributed by atoms with Gasteiger partial charge in [-0.25, -0.2) is 4.39 Å². The van der Waals surface area contributed by atoms with E-state index in [2.05, 4.69) is 15.6 Å². The summed E-state index contributed by atoms with van der Waals surface area (Å²) < 4.78 is 13.7. The van der Waals surface area contributed by atoms with Crippen LogP contribution in [0.25, 0.3) is 0 Å². The Morgan fingerprint density at radius 3 is 2.75 bits per heavy atom. The number of pyridine rings is 1. The van der Waals surface area contributed by atoms with Crippen molar-refractivity contribution in [1.29, 1.82) is 0 Å². The van der Waals surface area contributed by atoms with Gasteiger partial charge in [0.25, 0.3) is 5.91 Å². The van der Waals surface area contributed by atoms with Crippen LogP contribution in [0.4, 0.5) is 10.1 Å². The molecule has 0 fully saturated rings. The van der Waals surface area contributed by atoms with E-state index in [-0.39, 0.29) is 11.7 Å². The molecular weight excluding hydrogens is 257 g/mol. The Morgan fingerprint density at radius 2 is 2.05 bits per heavy atom. The van der Waals surface area contributed by atoms with E-state index in [1.807, 2.05) is 0 Å². The number of anilines is 1. The maximum Gasteiger partial charge on any atom is 0.253 e. The van der Waals surface area contributed by atoms with Crippen LogP contribution in [0.3, 0.4) is 0 Å². The van der Waals surface area contributed by atoms with Gasteiger partial charge in [-0.2, -0.15) is 0 Å². The second kappa shape index (κ2) is 6.14. The quantitative estimate of drug-likeness (QED) is 0.900. The van der Waals surface area contributed by atoms with Crippen molar-refractivity contribution in [3.8, 4) is 0 Å².